The van der Waals surface area contributed by atoms with Crippen LogP contribution in [-0.4, -0.2) is 60.2 Å². The highest BCUT2D eigenvalue weighted by Crippen LogP contribution is 2.30. The van der Waals surface area contributed by atoms with Crippen LogP contribution in [0.4, 0.5) is 5.69 Å². The van der Waals surface area contributed by atoms with Crippen molar-refractivity contribution in [1.82, 2.24) is 9.80 Å². The molecule has 0 bridgehead atoms. The Kier molecular flexibility index (Phi) is 6.19. The minimum absolute atomic E-state index is 0.0473. The van der Waals surface area contributed by atoms with E-state index in [4.69, 9.17) is 5.26 Å². The van der Waals surface area contributed by atoms with E-state index in [1.165, 1.54) is 4.90 Å². The van der Waals surface area contributed by atoms with Gasteiger partial charge in [-0.05, 0) is 54.6 Å². The zero-order chi connectivity index (χ0) is 24.4. The number of carbonyl (C=O) groups excluding carboxylic acids is 3. The molecule has 0 aromatic heterocycles. The lowest BCUT2D eigenvalue weighted by Crippen LogP contribution is -2.41. The highest BCUT2D eigenvalue weighted by Gasteiger charge is 2.32. The predicted molar refractivity (Wildman–Crippen MR) is 133 cm³/mol. The summed E-state index contributed by atoms with van der Waals surface area (Å²) in [6.07, 6.45) is 1.58. The summed E-state index contributed by atoms with van der Waals surface area (Å²) in [6.45, 7) is 3.09. The first-order valence-electron chi connectivity index (χ1n) is 12.0. The van der Waals surface area contributed by atoms with Gasteiger partial charge in [-0.25, -0.2) is 0 Å². The molecule has 0 aliphatic carbocycles. The van der Waals surface area contributed by atoms with Crippen LogP contribution in [0, 0.1) is 11.3 Å². The fourth-order valence-electron chi connectivity index (χ4n) is 5.00. The fraction of sp³-hybridized carbons (Fsp3) is 0.286. The van der Waals surface area contributed by atoms with Gasteiger partial charge in [-0.2, -0.15) is 5.26 Å². The van der Waals surface area contributed by atoms with Crippen molar-refractivity contribution in [2.45, 2.75) is 19.3 Å². The fourth-order valence-corrected chi connectivity index (χ4v) is 5.00. The van der Waals surface area contributed by atoms with Gasteiger partial charge >= 0.3 is 0 Å². The highest BCUT2D eigenvalue weighted by molar-refractivity contribution is 6.25. The average molecular weight is 467 g/mol. The Balaban J connectivity index is 1.18. The van der Waals surface area contributed by atoms with Crippen molar-refractivity contribution >= 4 is 34.2 Å². The maximum absolute atomic E-state index is 13.0. The minimum Gasteiger partial charge on any atom is -0.370 e. The van der Waals surface area contributed by atoms with E-state index in [2.05, 4.69) is 11.0 Å². The smallest absolute Gasteiger partial charge is 0.261 e. The molecule has 0 unspecified atom stereocenters. The maximum atomic E-state index is 13.0. The highest BCUT2D eigenvalue weighted by atomic mass is 16.2. The van der Waals surface area contributed by atoms with E-state index in [0.29, 0.717) is 48.0 Å². The third-order valence-corrected chi connectivity index (χ3v) is 6.84. The van der Waals surface area contributed by atoms with Crippen LogP contribution in [0.15, 0.2) is 60.7 Å². The SMILES string of the molecule is N#Cc1ccc(N2CCCN(C(=O)CCCN3C(=O)c4cccc5cccc(c45)C3=O)CC2)cc1. The summed E-state index contributed by atoms with van der Waals surface area (Å²) in [5.74, 6) is -0.537. The summed E-state index contributed by atoms with van der Waals surface area (Å²) in [4.78, 5) is 44.4. The van der Waals surface area contributed by atoms with Gasteiger partial charge in [0.15, 0.2) is 0 Å². The molecule has 0 N–H and O–H groups in total. The Labute approximate surface area is 204 Å². The Hall–Kier alpha value is -4.18. The normalized spacial score (nSPS) is 15.8. The number of hydrogen-bond acceptors (Lipinski definition) is 5. The molecule has 0 radical (unpaired) electrons. The van der Waals surface area contributed by atoms with Gasteiger partial charge in [0.2, 0.25) is 5.91 Å². The summed E-state index contributed by atoms with van der Waals surface area (Å²) in [5.41, 5.74) is 2.76. The summed E-state index contributed by atoms with van der Waals surface area (Å²) in [7, 11) is 0. The van der Waals surface area contributed by atoms with Crippen LogP contribution in [0.3, 0.4) is 0 Å². The molecule has 176 valence electrons. The minimum atomic E-state index is -0.292. The van der Waals surface area contributed by atoms with E-state index < -0.39 is 0 Å². The Bertz CT molecular complexity index is 1290. The van der Waals surface area contributed by atoms with Gasteiger partial charge in [-0.3, -0.25) is 19.3 Å². The van der Waals surface area contributed by atoms with Gasteiger partial charge in [-0.1, -0.05) is 24.3 Å². The Morgan fingerprint density at radius 2 is 1.54 bits per heavy atom. The topological polar surface area (TPSA) is 84.7 Å². The molecule has 35 heavy (non-hydrogen) atoms. The Morgan fingerprint density at radius 1 is 0.857 bits per heavy atom. The predicted octanol–water partition coefficient (Wildman–Crippen LogP) is 3.83. The van der Waals surface area contributed by atoms with Crippen molar-refractivity contribution in [3.63, 3.8) is 0 Å². The molecule has 7 nitrogen and oxygen atoms in total. The quantitative estimate of drug-likeness (QED) is 0.534. The molecule has 5 rings (SSSR count). The van der Waals surface area contributed by atoms with E-state index >= 15 is 0 Å². The largest absolute Gasteiger partial charge is 0.370 e. The molecular weight excluding hydrogens is 440 g/mol. The standard InChI is InChI=1S/C28H26N4O3/c29-19-20-10-12-22(13-11-20)30-14-4-15-31(18-17-30)25(33)9-3-16-32-27(34)23-7-1-5-21-6-2-8-24(26(21)23)28(32)35/h1-2,5-8,10-13H,3-4,9,14-18H2. The first-order valence-corrected chi connectivity index (χ1v) is 12.0. The van der Waals surface area contributed by atoms with Crippen molar-refractivity contribution in [3.8, 4) is 6.07 Å². The third kappa shape index (κ3) is 4.35. The number of amides is 3. The van der Waals surface area contributed by atoms with Gasteiger partial charge in [0.05, 0.1) is 11.6 Å². The van der Waals surface area contributed by atoms with Crippen LogP contribution in [0.5, 0.6) is 0 Å². The number of anilines is 1. The summed E-state index contributed by atoms with van der Waals surface area (Å²) in [5, 5.41) is 10.6. The zero-order valence-electron chi connectivity index (χ0n) is 19.4. The van der Waals surface area contributed by atoms with E-state index in [1.807, 2.05) is 53.4 Å². The molecule has 3 aromatic rings. The van der Waals surface area contributed by atoms with Gasteiger partial charge in [0, 0.05) is 61.3 Å². The van der Waals surface area contributed by atoms with Crippen molar-refractivity contribution in [2.24, 2.45) is 0 Å². The zero-order valence-corrected chi connectivity index (χ0v) is 19.4. The van der Waals surface area contributed by atoms with Crippen molar-refractivity contribution in [3.05, 3.63) is 77.4 Å². The second-order valence-electron chi connectivity index (χ2n) is 8.95. The van der Waals surface area contributed by atoms with Crippen LogP contribution < -0.4 is 4.90 Å². The molecule has 0 atom stereocenters. The van der Waals surface area contributed by atoms with E-state index in [-0.39, 0.29) is 24.3 Å². The van der Waals surface area contributed by atoms with E-state index in [1.54, 1.807) is 12.1 Å². The monoisotopic (exact) mass is 466 g/mol. The third-order valence-electron chi connectivity index (χ3n) is 6.84. The lowest BCUT2D eigenvalue weighted by molar-refractivity contribution is -0.131. The molecule has 2 aliphatic heterocycles. The van der Waals surface area contributed by atoms with Gasteiger partial charge in [0.25, 0.3) is 11.8 Å². The van der Waals surface area contributed by atoms with Crippen LogP contribution in [0.25, 0.3) is 10.8 Å². The first kappa shape index (κ1) is 22.6. The summed E-state index contributed by atoms with van der Waals surface area (Å²) >= 11 is 0. The van der Waals surface area contributed by atoms with Gasteiger partial charge in [0.1, 0.15) is 0 Å². The first-order chi connectivity index (χ1) is 17.1. The van der Waals surface area contributed by atoms with Crippen molar-refractivity contribution < 1.29 is 14.4 Å². The lowest BCUT2D eigenvalue weighted by atomic mass is 9.94. The number of rotatable bonds is 5. The molecule has 3 amide bonds. The number of nitriles is 1. The molecular formula is C28H26N4O3. The molecule has 1 fully saturated rings. The summed E-state index contributed by atoms with van der Waals surface area (Å²) in [6, 6.07) is 20.6. The van der Waals surface area contributed by atoms with Gasteiger partial charge in [-0.15, -0.1) is 0 Å². The molecule has 1 saturated heterocycles. The Morgan fingerprint density at radius 3 is 2.20 bits per heavy atom. The van der Waals surface area contributed by atoms with E-state index in [0.717, 1.165) is 30.6 Å². The van der Waals surface area contributed by atoms with E-state index in [9.17, 15) is 14.4 Å². The molecule has 0 saturated carbocycles. The average Bonchev–Trinajstić information content (AvgIpc) is 3.15. The van der Waals surface area contributed by atoms with Crippen LogP contribution in [0.1, 0.15) is 45.5 Å². The second kappa shape index (κ2) is 9.59. The van der Waals surface area contributed by atoms with Crippen LogP contribution >= 0.6 is 0 Å². The molecule has 2 heterocycles. The number of benzene rings is 3. The lowest BCUT2D eigenvalue weighted by Gasteiger charge is -2.27. The molecule has 2 aliphatic rings. The van der Waals surface area contributed by atoms with Crippen molar-refractivity contribution in [2.75, 3.05) is 37.6 Å². The van der Waals surface area contributed by atoms with Crippen molar-refractivity contribution in [1.29, 1.82) is 5.26 Å². The van der Waals surface area contributed by atoms with Gasteiger partial charge < -0.3 is 9.80 Å². The summed E-state index contributed by atoms with van der Waals surface area (Å²) < 4.78 is 0. The van der Waals surface area contributed by atoms with Crippen LogP contribution in [-0.2, 0) is 4.79 Å². The molecule has 0 spiro atoms. The van der Waals surface area contributed by atoms with Crippen LogP contribution in [0.2, 0.25) is 0 Å². The molecule has 3 aromatic carbocycles. The number of carbonyl (C=O) groups is 3. The second-order valence-corrected chi connectivity index (χ2v) is 8.95. The number of nitrogens with zero attached hydrogens (tertiary/aromatic N) is 4. The molecule has 7 heteroatoms. The maximum Gasteiger partial charge on any atom is 0.261 e. The number of imide groups is 1. The number of hydrogen-bond donors (Lipinski definition) is 0.